The zero-order valence-corrected chi connectivity index (χ0v) is 33.8. The Kier molecular flexibility index (Phi) is 12.1. The van der Waals surface area contributed by atoms with Crippen LogP contribution >= 0.6 is 23.5 Å². The lowest BCUT2D eigenvalue weighted by Gasteiger charge is -2.29. The van der Waals surface area contributed by atoms with Gasteiger partial charge in [-0.2, -0.15) is 0 Å². The summed E-state index contributed by atoms with van der Waals surface area (Å²) in [7, 11) is 0. The molecule has 0 atom stereocenters. The van der Waals surface area contributed by atoms with Crippen LogP contribution < -0.4 is 0 Å². The highest BCUT2D eigenvalue weighted by Crippen LogP contribution is 2.42. The maximum absolute atomic E-state index is 14.1. The minimum absolute atomic E-state index is 0.0646. The van der Waals surface area contributed by atoms with Crippen LogP contribution in [-0.4, -0.2) is 11.6 Å². The first-order chi connectivity index (χ1) is 26.2. The summed E-state index contributed by atoms with van der Waals surface area (Å²) < 4.78 is 0. The van der Waals surface area contributed by atoms with E-state index in [4.69, 9.17) is 0 Å². The van der Waals surface area contributed by atoms with Gasteiger partial charge in [0.15, 0.2) is 11.6 Å². The summed E-state index contributed by atoms with van der Waals surface area (Å²) in [6.07, 6.45) is 16.7. The molecule has 0 unspecified atom stereocenters. The second-order valence-electron chi connectivity index (χ2n) is 16.1. The molecule has 5 aromatic carbocycles. The average Bonchev–Trinajstić information content (AvgIpc) is 3.18. The third-order valence-corrected chi connectivity index (χ3v) is 13.4. The molecular formula is C50H52O2S2. The molecule has 2 aliphatic rings. The second-order valence-corrected chi connectivity index (χ2v) is 18.4. The van der Waals surface area contributed by atoms with Gasteiger partial charge in [0.05, 0.1) is 0 Å². The summed E-state index contributed by atoms with van der Waals surface area (Å²) in [5, 5.41) is 0. The van der Waals surface area contributed by atoms with Crippen molar-refractivity contribution >= 4 is 47.2 Å². The Morgan fingerprint density at radius 1 is 0.593 bits per heavy atom. The fourth-order valence-electron chi connectivity index (χ4n) is 7.99. The standard InChI is InChI=1S/C50H52O2S2/c1-5-6-7-8-11-34-18-24-37(25-19-34)38-26-20-35(21-27-38)16-17-36-22-30-40(31-23-36)53-44-14-9-12-42-46(44)48(51)43-13-10-15-45(47(43)49(42)52)54-41-32-28-39(29-33-41)50(2,3)4/h9-10,12-17,20-23,26-34,37H,5-8,11,18-19,24-25H2,1-4H3/b17-16+. The molecule has 0 aromatic heterocycles. The molecule has 0 spiro atoms. The van der Waals surface area contributed by atoms with E-state index in [0.717, 1.165) is 31.1 Å². The number of benzene rings is 5. The molecule has 5 aromatic rings. The van der Waals surface area contributed by atoms with Crippen molar-refractivity contribution in [1.82, 2.24) is 0 Å². The molecule has 2 aliphatic carbocycles. The Labute approximate surface area is 331 Å². The Bertz CT molecular complexity index is 2110. The first kappa shape index (κ1) is 38.2. The van der Waals surface area contributed by atoms with Crippen LogP contribution in [0.4, 0.5) is 0 Å². The normalized spacial score (nSPS) is 17.1. The highest BCUT2D eigenvalue weighted by atomic mass is 32.2. The summed E-state index contributed by atoms with van der Waals surface area (Å²) in [6.45, 7) is 8.89. The molecule has 4 heteroatoms. The van der Waals surface area contributed by atoms with Crippen molar-refractivity contribution in [2.24, 2.45) is 5.92 Å². The summed E-state index contributed by atoms with van der Waals surface area (Å²) >= 11 is 3.07. The predicted molar refractivity (Wildman–Crippen MR) is 228 cm³/mol. The molecule has 54 heavy (non-hydrogen) atoms. The van der Waals surface area contributed by atoms with E-state index in [9.17, 15) is 9.59 Å². The van der Waals surface area contributed by atoms with Gasteiger partial charge in [-0.25, -0.2) is 0 Å². The molecule has 2 nitrogen and oxygen atoms in total. The molecule has 0 heterocycles. The van der Waals surface area contributed by atoms with E-state index in [1.165, 1.54) is 98.0 Å². The zero-order chi connectivity index (χ0) is 37.7. The third-order valence-electron chi connectivity index (χ3n) is 11.2. The molecule has 1 saturated carbocycles. The molecular weight excluding hydrogens is 697 g/mol. The summed E-state index contributed by atoms with van der Waals surface area (Å²) in [5.41, 5.74) is 7.10. The van der Waals surface area contributed by atoms with Crippen LogP contribution in [0.2, 0.25) is 0 Å². The molecule has 0 amide bonds. The Hall–Kier alpha value is -4.12. The maximum atomic E-state index is 14.1. The maximum Gasteiger partial charge on any atom is 0.195 e. The molecule has 0 N–H and O–H groups in total. The van der Waals surface area contributed by atoms with Crippen molar-refractivity contribution in [2.45, 2.75) is 116 Å². The molecule has 0 bridgehead atoms. The number of ketones is 2. The minimum Gasteiger partial charge on any atom is -0.289 e. The van der Waals surface area contributed by atoms with Crippen molar-refractivity contribution in [2.75, 3.05) is 0 Å². The monoisotopic (exact) mass is 748 g/mol. The quantitative estimate of drug-likeness (QED) is 0.0922. The van der Waals surface area contributed by atoms with Gasteiger partial charge in [-0.1, -0.05) is 168 Å². The molecule has 7 rings (SSSR count). The number of fused-ring (bicyclic) bond motifs is 2. The fourth-order valence-corrected chi connectivity index (χ4v) is 9.94. The number of carbonyl (C=O) groups is 2. The van der Waals surface area contributed by atoms with Gasteiger partial charge in [0.2, 0.25) is 0 Å². The Morgan fingerprint density at radius 3 is 1.59 bits per heavy atom. The summed E-state index contributed by atoms with van der Waals surface area (Å²) in [4.78, 5) is 31.8. The van der Waals surface area contributed by atoms with Gasteiger partial charge in [-0.3, -0.25) is 9.59 Å². The van der Waals surface area contributed by atoms with Crippen molar-refractivity contribution in [3.05, 3.63) is 154 Å². The first-order valence-corrected chi connectivity index (χ1v) is 21.5. The lowest BCUT2D eigenvalue weighted by Crippen LogP contribution is -2.22. The average molecular weight is 749 g/mol. The van der Waals surface area contributed by atoms with Crippen molar-refractivity contribution in [1.29, 1.82) is 0 Å². The van der Waals surface area contributed by atoms with E-state index in [-0.39, 0.29) is 17.0 Å². The molecule has 276 valence electrons. The van der Waals surface area contributed by atoms with E-state index in [0.29, 0.717) is 28.2 Å². The molecule has 0 radical (unpaired) electrons. The summed E-state index contributed by atoms with van der Waals surface area (Å²) in [5.74, 6) is 1.46. The van der Waals surface area contributed by atoms with E-state index < -0.39 is 0 Å². The van der Waals surface area contributed by atoms with Crippen LogP contribution in [0.3, 0.4) is 0 Å². The van der Waals surface area contributed by atoms with Crippen molar-refractivity contribution in [3.63, 3.8) is 0 Å². The minimum atomic E-state index is -0.0933. The van der Waals surface area contributed by atoms with Crippen molar-refractivity contribution < 1.29 is 9.59 Å². The van der Waals surface area contributed by atoms with Crippen LogP contribution in [0.25, 0.3) is 12.2 Å². The largest absolute Gasteiger partial charge is 0.289 e. The van der Waals surface area contributed by atoms with Gasteiger partial charge in [0.1, 0.15) is 0 Å². The van der Waals surface area contributed by atoms with Gasteiger partial charge in [0.25, 0.3) is 0 Å². The fraction of sp³-hybridized carbons (Fsp3) is 0.320. The van der Waals surface area contributed by atoms with Gasteiger partial charge in [-0.05, 0) is 102 Å². The topological polar surface area (TPSA) is 34.1 Å². The number of hydrogen-bond donors (Lipinski definition) is 0. The highest BCUT2D eigenvalue weighted by Gasteiger charge is 2.34. The van der Waals surface area contributed by atoms with E-state index in [2.05, 4.69) is 113 Å². The SMILES string of the molecule is CCCCCCC1CCC(c2ccc(/C=C/c3ccc(Sc4cccc5c4C(=O)c4cccc(Sc6ccc(C(C)(C)C)cc6)c4C5=O)cc3)cc2)CC1. The van der Waals surface area contributed by atoms with Gasteiger partial charge in [0, 0.05) is 41.8 Å². The van der Waals surface area contributed by atoms with Crippen LogP contribution in [0, 0.1) is 5.92 Å². The highest BCUT2D eigenvalue weighted by molar-refractivity contribution is 7.99. The van der Waals surface area contributed by atoms with Crippen molar-refractivity contribution in [3.8, 4) is 0 Å². The molecule has 0 aliphatic heterocycles. The first-order valence-electron chi connectivity index (χ1n) is 19.9. The van der Waals surface area contributed by atoms with Gasteiger partial charge < -0.3 is 0 Å². The second kappa shape index (κ2) is 17.1. The molecule has 0 saturated heterocycles. The van der Waals surface area contributed by atoms with Crippen LogP contribution in [0.5, 0.6) is 0 Å². The smallest absolute Gasteiger partial charge is 0.195 e. The van der Waals surface area contributed by atoms with E-state index >= 15 is 0 Å². The predicted octanol–water partition coefficient (Wildman–Crippen LogP) is 14.5. The Balaban J connectivity index is 0.987. The lowest BCUT2D eigenvalue weighted by molar-refractivity contribution is 0.0974. The molecule has 1 fully saturated rings. The van der Waals surface area contributed by atoms with Crippen LogP contribution in [-0.2, 0) is 5.41 Å². The number of carbonyl (C=O) groups excluding carboxylic acids is 2. The van der Waals surface area contributed by atoms with Crippen LogP contribution in [0.1, 0.15) is 145 Å². The number of hydrogen-bond acceptors (Lipinski definition) is 4. The number of rotatable bonds is 12. The Morgan fingerprint density at radius 2 is 1.09 bits per heavy atom. The zero-order valence-electron chi connectivity index (χ0n) is 32.2. The third kappa shape index (κ3) is 8.88. The lowest BCUT2D eigenvalue weighted by atomic mass is 9.77. The van der Waals surface area contributed by atoms with Gasteiger partial charge >= 0.3 is 0 Å². The van der Waals surface area contributed by atoms with E-state index in [1.807, 2.05) is 24.3 Å². The van der Waals surface area contributed by atoms with Gasteiger partial charge in [-0.15, -0.1) is 0 Å². The summed E-state index contributed by atoms with van der Waals surface area (Å²) in [6, 6.07) is 37.4. The van der Waals surface area contributed by atoms with Crippen LogP contribution in [0.15, 0.2) is 129 Å². The van der Waals surface area contributed by atoms with E-state index in [1.54, 1.807) is 12.1 Å². The number of unbranched alkanes of at least 4 members (excludes halogenated alkanes) is 3.